The van der Waals surface area contributed by atoms with Gasteiger partial charge in [0.15, 0.2) is 0 Å². The Bertz CT molecular complexity index is 1230. The van der Waals surface area contributed by atoms with E-state index >= 15 is 0 Å². The first-order valence-corrected chi connectivity index (χ1v) is 14.7. The highest BCUT2D eigenvalue weighted by Crippen LogP contribution is 2.31. The van der Waals surface area contributed by atoms with E-state index in [2.05, 4.69) is 9.80 Å². The van der Waals surface area contributed by atoms with E-state index in [1.807, 2.05) is 45.9 Å². The lowest BCUT2D eigenvalue weighted by atomic mass is 10.2. The van der Waals surface area contributed by atoms with Crippen LogP contribution in [-0.4, -0.2) is 73.3 Å². The molecule has 0 aliphatic heterocycles. The van der Waals surface area contributed by atoms with Crippen LogP contribution in [0, 0.1) is 0 Å². The molecule has 3 aromatic rings. The van der Waals surface area contributed by atoms with Crippen molar-refractivity contribution < 1.29 is 16.8 Å². The van der Waals surface area contributed by atoms with Crippen molar-refractivity contribution in [1.82, 2.24) is 17.7 Å². The third-order valence-corrected chi connectivity index (χ3v) is 8.19. The van der Waals surface area contributed by atoms with Gasteiger partial charge >= 0.3 is 0 Å². The number of hydrogen-bond acceptors (Lipinski definition) is 6. The van der Waals surface area contributed by atoms with Crippen LogP contribution < -0.4 is 0 Å². The van der Waals surface area contributed by atoms with Gasteiger partial charge in [0.05, 0.1) is 23.5 Å². The van der Waals surface area contributed by atoms with Gasteiger partial charge in [0.2, 0.25) is 20.0 Å². The van der Waals surface area contributed by atoms with Gasteiger partial charge in [0.1, 0.15) is 0 Å². The van der Waals surface area contributed by atoms with Gasteiger partial charge in [-0.2, -0.15) is 0 Å². The molecule has 0 saturated carbocycles. The van der Waals surface area contributed by atoms with Crippen molar-refractivity contribution in [3.05, 3.63) is 35.7 Å². The van der Waals surface area contributed by atoms with Crippen LogP contribution in [0.3, 0.4) is 0 Å². The summed E-state index contributed by atoms with van der Waals surface area (Å²) in [5, 5.41) is 1.57. The summed E-state index contributed by atoms with van der Waals surface area (Å²) in [6, 6.07) is 7.39. The Morgan fingerprint density at radius 1 is 0.625 bits per heavy atom. The number of aromatic nitrogens is 2. The van der Waals surface area contributed by atoms with Crippen molar-refractivity contribution in [1.29, 1.82) is 0 Å². The fourth-order valence-electron chi connectivity index (χ4n) is 4.34. The molecule has 0 aliphatic carbocycles. The number of rotatable bonds is 10. The smallest absolute Gasteiger partial charge is 0.236 e. The molecule has 0 amide bonds. The van der Waals surface area contributed by atoms with Gasteiger partial charge in [0, 0.05) is 35.2 Å². The molecule has 1 aromatic carbocycles. The molecule has 8 nitrogen and oxygen atoms in total. The molecule has 0 saturated heterocycles. The lowest BCUT2D eigenvalue weighted by Crippen LogP contribution is -2.25. The highest BCUT2D eigenvalue weighted by Gasteiger charge is 2.23. The Hall–Kier alpha value is -1.88. The van der Waals surface area contributed by atoms with Crippen molar-refractivity contribution in [3.63, 3.8) is 0 Å². The molecule has 3 rings (SSSR count). The maximum Gasteiger partial charge on any atom is 0.236 e. The van der Waals surface area contributed by atoms with Crippen LogP contribution >= 0.6 is 0 Å². The molecule has 0 bridgehead atoms. The monoisotopic (exact) mass is 482 g/mol. The molecule has 0 fully saturated rings. The summed E-state index contributed by atoms with van der Waals surface area (Å²) < 4.78 is 53.7. The second-order valence-corrected chi connectivity index (χ2v) is 11.9. The maximum atomic E-state index is 12.7. The molecule has 0 radical (unpaired) electrons. The summed E-state index contributed by atoms with van der Waals surface area (Å²) in [6.45, 7) is 12.4. The van der Waals surface area contributed by atoms with E-state index in [4.69, 9.17) is 0 Å². The quantitative estimate of drug-likeness (QED) is 0.442. The molecule has 10 heteroatoms. The van der Waals surface area contributed by atoms with Gasteiger partial charge in [-0.05, 0) is 50.4 Å². The Balaban J connectivity index is 2.33. The van der Waals surface area contributed by atoms with Crippen LogP contribution in [0.4, 0.5) is 0 Å². The molecular weight excluding hydrogens is 448 g/mol. The van der Waals surface area contributed by atoms with Crippen molar-refractivity contribution in [2.75, 3.05) is 38.7 Å². The van der Waals surface area contributed by atoms with Crippen LogP contribution in [0.25, 0.3) is 21.8 Å². The number of benzene rings is 1. The van der Waals surface area contributed by atoms with E-state index in [0.29, 0.717) is 35.5 Å². The Labute approximate surface area is 191 Å². The van der Waals surface area contributed by atoms with Gasteiger partial charge in [-0.3, -0.25) is 9.80 Å². The van der Waals surface area contributed by atoms with E-state index in [1.165, 1.54) is 20.5 Å². The first-order chi connectivity index (χ1) is 14.9. The molecule has 0 spiro atoms. The fraction of sp³-hybridized carbons (Fsp3) is 0.545. The minimum atomic E-state index is -3.59. The predicted molar refractivity (Wildman–Crippen MR) is 131 cm³/mol. The number of hydrogen-bond donors (Lipinski definition) is 0. The molecular formula is C22H34N4O4S2. The van der Waals surface area contributed by atoms with Gasteiger partial charge in [-0.15, -0.1) is 0 Å². The number of fused-ring (bicyclic) bond motifs is 2. The average molecular weight is 483 g/mol. The lowest BCUT2D eigenvalue weighted by Gasteiger charge is -2.19. The summed E-state index contributed by atoms with van der Waals surface area (Å²) in [5.41, 5.74) is 2.35. The van der Waals surface area contributed by atoms with Crippen molar-refractivity contribution in [2.24, 2.45) is 0 Å². The second-order valence-electron chi connectivity index (χ2n) is 8.22. The summed E-state index contributed by atoms with van der Waals surface area (Å²) in [4.78, 5) is 4.29. The third kappa shape index (κ3) is 4.73. The topological polar surface area (TPSA) is 84.6 Å². The van der Waals surface area contributed by atoms with E-state index in [-0.39, 0.29) is 0 Å². The maximum absolute atomic E-state index is 12.7. The van der Waals surface area contributed by atoms with E-state index < -0.39 is 20.0 Å². The van der Waals surface area contributed by atoms with Crippen LogP contribution in [0.2, 0.25) is 0 Å². The van der Waals surface area contributed by atoms with E-state index in [0.717, 1.165) is 37.0 Å². The SMILES string of the molecule is CCN(CC)Cc1cc2cc3cc(CN(CC)CC)n(S(C)(=O)=O)c3cc2n1S(C)(=O)=O. The fourth-order valence-corrected chi connectivity index (χ4v) is 6.44. The predicted octanol–water partition coefficient (Wildman–Crippen LogP) is 2.90. The zero-order valence-corrected chi connectivity index (χ0v) is 21.4. The zero-order chi connectivity index (χ0) is 23.8. The van der Waals surface area contributed by atoms with Crippen LogP contribution in [0.1, 0.15) is 39.1 Å². The van der Waals surface area contributed by atoms with Gasteiger partial charge < -0.3 is 0 Å². The number of nitrogens with zero attached hydrogens (tertiary/aromatic N) is 4. The van der Waals surface area contributed by atoms with Crippen LogP contribution in [-0.2, 0) is 33.1 Å². The van der Waals surface area contributed by atoms with Crippen molar-refractivity contribution in [2.45, 2.75) is 40.8 Å². The molecule has 178 valence electrons. The largest absolute Gasteiger partial charge is 0.298 e. The van der Waals surface area contributed by atoms with Gasteiger partial charge in [0.25, 0.3) is 0 Å². The van der Waals surface area contributed by atoms with Crippen molar-refractivity contribution in [3.8, 4) is 0 Å². The van der Waals surface area contributed by atoms with Crippen molar-refractivity contribution >= 4 is 41.9 Å². The minimum absolute atomic E-state index is 0.498. The van der Waals surface area contributed by atoms with E-state index in [9.17, 15) is 16.8 Å². The first kappa shape index (κ1) is 24.8. The molecule has 2 heterocycles. The molecule has 0 aliphatic rings. The van der Waals surface area contributed by atoms with Gasteiger partial charge in [-0.1, -0.05) is 27.7 Å². The summed E-state index contributed by atoms with van der Waals surface area (Å²) >= 11 is 0. The third-order valence-electron chi connectivity index (χ3n) is 6.00. The summed E-state index contributed by atoms with van der Waals surface area (Å²) in [5.74, 6) is 0. The van der Waals surface area contributed by atoms with E-state index in [1.54, 1.807) is 6.07 Å². The van der Waals surface area contributed by atoms with Crippen LogP contribution in [0.15, 0.2) is 24.3 Å². The van der Waals surface area contributed by atoms with Gasteiger partial charge in [-0.25, -0.2) is 24.8 Å². The first-order valence-electron chi connectivity index (χ1n) is 11.0. The molecule has 0 N–H and O–H groups in total. The summed E-state index contributed by atoms with van der Waals surface area (Å²) in [7, 11) is -7.19. The lowest BCUT2D eigenvalue weighted by molar-refractivity contribution is 0.292. The summed E-state index contributed by atoms with van der Waals surface area (Å²) in [6.07, 6.45) is 2.37. The molecule has 2 aromatic heterocycles. The Morgan fingerprint density at radius 3 is 1.25 bits per heavy atom. The normalized spacial score (nSPS) is 13.2. The Kier molecular flexibility index (Phi) is 7.09. The zero-order valence-electron chi connectivity index (χ0n) is 19.8. The average Bonchev–Trinajstić information content (AvgIpc) is 3.24. The molecule has 0 unspecified atom stereocenters. The molecule has 0 atom stereocenters. The van der Waals surface area contributed by atoms with Crippen LogP contribution in [0.5, 0.6) is 0 Å². The minimum Gasteiger partial charge on any atom is -0.298 e. The Morgan fingerprint density at radius 2 is 0.969 bits per heavy atom. The molecule has 32 heavy (non-hydrogen) atoms. The second kappa shape index (κ2) is 9.17. The standard InChI is InChI=1S/C22H34N4O4S2/c1-7-23(8-2)15-19-12-17-11-18-13-20(16-24(9-3)10-4)26(32(6,29)30)22(18)14-21(17)25(19)31(5,27)28/h11-14H,7-10,15-16H2,1-6H3. The highest BCUT2D eigenvalue weighted by molar-refractivity contribution is 7.89. The highest BCUT2D eigenvalue weighted by atomic mass is 32.2.